The Balaban J connectivity index is 2.47. The Morgan fingerprint density at radius 3 is 2.26 bits per heavy atom. The summed E-state index contributed by atoms with van der Waals surface area (Å²) < 4.78 is 0. The first-order chi connectivity index (χ1) is 9.02. The van der Waals surface area contributed by atoms with Gasteiger partial charge in [0.2, 0.25) is 0 Å². The van der Waals surface area contributed by atoms with Crippen molar-refractivity contribution in [1.82, 2.24) is 4.90 Å². The second-order valence-corrected chi connectivity index (χ2v) is 5.23. The molecule has 1 aromatic carbocycles. The lowest BCUT2D eigenvalue weighted by molar-refractivity contribution is 0.0695. The van der Waals surface area contributed by atoms with E-state index in [9.17, 15) is 14.7 Å². The highest BCUT2D eigenvalue weighted by atomic mass is 16.4. The lowest BCUT2D eigenvalue weighted by Gasteiger charge is -2.20. The van der Waals surface area contributed by atoms with Crippen molar-refractivity contribution in [3.8, 4) is 0 Å². The first-order valence-corrected chi connectivity index (χ1v) is 6.68. The highest BCUT2D eigenvalue weighted by Crippen LogP contribution is 2.26. The molecule has 0 spiro atoms. The number of amides is 1. The van der Waals surface area contributed by atoms with Gasteiger partial charge in [-0.2, -0.15) is 0 Å². The third-order valence-corrected chi connectivity index (χ3v) is 3.54. The summed E-state index contributed by atoms with van der Waals surface area (Å²) in [5, 5.41) is 9.26. The molecule has 0 aliphatic carbocycles. The summed E-state index contributed by atoms with van der Waals surface area (Å²) in [7, 11) is 0. The number of hydrogen-bond acceptors (Lipinski definition) is 2. The molecule has 1 N–H and O–H groups in total. The Morgan fingerprint density at radius 2 is 1.74 bits per heavy atom. The Morgan fingerprint density at radius 1 is 1.16 bits per heavy atom. The maximum atomic E-state index is 12.5. The molecule has 0 unspecified atom stereocenters. The number of carbonyl (C=O) groups is 2. The molecule has 0 aromatic heterocycles. The van der Waals surface area contributed by atoms with Gasteiger partial charge < -0.3 is 10.0 Å². The largest absolute Gasteiger partial charge is 0.478 e. The van der Waals surface area contributed by atoms with Crippen LogP contribution in [0.15, 0.2) is 18.2 Å². The number of hydrogen-bond donors (Lipinski definition) is 1. The minimum atomic E-state index is -0.972. The van der Waals surface area contributed by atoms with E-state index in [1.165, 1.54) is 0 Å². The monoisotopic (exact) mass is 261 g/mol. The molecule has 4 nitrogen and oxygen atoms in total. The number of carboxylic acid groups (broad SMARTS) is 1. The molecular weight excluding hydrogens is 242 g/mol. The van der Waals surface area contributed by atoms with Crippen LogP contribution in [0.4, 0.5) is 0 Å². The SMILES string of the molecule is CC(C)c1c(C(=O)O)cccc1C(=O)N1CCCC1. The summed E-state index contributed by atoms with van der Waals surface area (Å²) in [6, 6.07) is 4.96. The topological polar surface area (TPSA) is 57.6 Å². The van der Waals surface area contributed by atoms with E-state index in [1.54, 1.807) is 18.2 Å². The maximum Gasteiger partial charge on any atom is 0.335 e. The average molecular weight is 261 g/mol. The van der Waals surface area contributed by atoms with Crippen LogP contribution >= 0.6 is 0 Å². The van der Waals surface area contributed by atoms with Crippen molar-refractivity contribution in [2.75, 3.05) is 13.1 Å². The Bertz CT molecular complexity index is 502. The summed E-state index contributed by atoms with van der Waals surface area (Å²) in [5.74, 6) is -1.00. The fourth-order valence-corrected chi connectivity index (χ4v) is 2.65. The first-order valence-electron chi connectivity index (χ1n) is 6.68. The molecule has 19 heavy (non-hydrogen) atoms. The van der Waals surface area contributed by atoms with Crippen LogP contribution in [0.3, 0.4) is 0 Å². The third kappa shape index (κ3) is 2.62. The van der Waals surface area contributed by atoms with Gasteiger partial charge in [-0.25, -0.2) is 4.79 Å². The molecule has 102 valence electrons. The average Bonchev–Trinajstić information content (AvgIpc) is 2.90. The van der Waals surface area contributed by atoms with Crippen LogP contribution in [0.2, 0.25) is 0 Å². The van der Waals surface area contributed by atoms with Gasteiger partial charge in [0.15, 0.2) is 0 Å². The molecule has 1 heterocycles. The molecule has 1 amide bonds. The molecule has 1 saturated heterocycles. The second-order valence-electron chi connectivity index (χ2n) is 5.23. The summed E-state index contributed by atoms with van der Waals surface area (Å²) in [6.07, 6.45) is 2.06. The van der Waals surface area contributed by atoms with Crippen molar-refractivity contribution >= 4 is 11.9 Å². The van der Waals surface area contributed by atoms with Crippen molar-refractivity contribution in [3.05, 3.63) is 34.9 Å². The normalized spacial score (nSPS) is 15.0. The molecule has 2 rings (SSSR count). The predicted octanol–water partition coefficient (Wildman–Crippen LogP) is 2.74. The molecule has 4 heteroatoms. The van der Waals surface area contributed by atoms with Crippen molar-refractivity contribution in [2.45, 2.75) is 32.6 Å². The Labute approximate surface area is 113 Å². The molecule has 0 atom stereocenters. The number of rotatable bonds is 3. The smallest absolute Gasteiger partial charge is 0.335 e. The van der Waals surface area contributed by atoms with E-state index in [4.69, 9.17) is 0 Å². The summed E-state index contributed by atoms with van der Waals surface area (Å²) in [6.45, 7) is 5.38. The van der Waals surface area contributed by atoms with Crippen LogP contribution in [0.1, 0.15) is 58.9 Å². The van der Waals surface area contributed by atoms with Crippen LogP contribution in [-0.2, 0) is 0 Å². The van der Waals surface area contributed by atoms with E-state index in [0.717, 1.165) is 25.9 Å². The van der Waals surface area contributed by atoms with Gasteiger partial charge in [-0.15, -0.1) is 0 Å². The molecule has 1 fully saturated rings. The molecular formula is C15H19NO3. The van der Waals surface area contributed by atoms with Gasteiger partial charge in [0, 0.05) is 18.7 Å². The molecule has 1 aliphatic heterocycles. The number of likely N-dealkylation sites (tertiary alicyclic amines) is 1. The lowest BCUT2D eigenvalue weighted by atomic mass is 9.91. The number of carboxylic acids is 1. The van der Waals surface area contributed by atoms with Gasteiger partial charge in [-0.05, 0) is 36.5 Å². The van der Waals surface area contributed by atoms with Crippen LogP contribution < -0.4 is 0 Å². The summed E-state index contributed by atoms with van der Waals surface area (Å²) >= 11 is 0. The number of aromatic carboxylic acids is 1. The first kappa shape index (κ1) is 13.6. The van der Waals surface area contributed by atoms with Gasteiger partial charge >= 0.3 is 5.97 Å². The van der Waals surface area contributed by atoms with Gasteiger partial charge in [0.1, 0.15) is 0 Å². The van der Waals surface area contributed by atoms with Crippen molar-refractivity contribution in [3.63, 3.8) is 0 Å². The van der Waals surface area contributed by atoms with Crippen LogP contribution in [0.5, 0.6) is 0 Å². The van der Waals surface area contributed by atoms with Gasteiger partial charge in [0.05, 0.1) is 5.56 Å². The predicted molar refractivity (Wildman–Crippen MR) is 72.6 cm³/mol. The fraction of sp³-hybridized carbons (Fsp3) is 0.467. The van der Waals surface area contributed by atoms with E-state index in [2.05, 4.69) is 0 Å². The molecule has 1 aliphatic rings. The summed E-state index contributed by atoms with van der Waals surface area (Å²) in [4.78, 5) is 25.6. The van der Waals surface area contributed by atoms with Crippen molar-refractivity contribution in [2.24, 2.45) is 0 Å². The van der Waals surface area contributed by atoms with Crippen LogP contribution in [0, 0.1) is 0 Å². The maximum absolute atomic E-state index is 12.5. The van der Waals surface area contributed by atoms with Crippen molar-refractivity contribution < 1.29 is 14.7 Å². The molecule has 0 saturated carbocycles. The molecule has 0 bridgehead atoms. The van der Waals surface area contributed by atoms with Gasteiger partial charge in [-0.1, -0.05) is 19.9 Å². The molecule has 0 radical (unpaired) electrons. The number of nitrogens with zero attached hydrogens (tertiary/aromatic N) is 1. The highest BCUT2D eigenvalue weighted by molar-refractivity contribution is 6.00. The van der Waals surface area contributed by atoms with E-state index < -0.39 is 5.97 Å². The molecule has 1 aromatic rings. The van der Waals surface area contributed by atoms with E-state index in [1.807, 2.05) is 18.7 Å². The lowest BCUT2D eigenvalue weighted by Crippen LogP contribution is -2.29. The van der Waals surface area contributed by atoms with Crippen LogP contribution in [-0.4, -0.2) is 35.0 Å². The zero-order valence-corrected chi connectivity index (χ0v) is 11.3. The second kappa shape index (κ2) is 5.43. The minimum Gasteiger partial charge on any atom is -0.478 e. The van der Waals surface area contributed by atoms with Crippen molar-refractivity contribution in [1.29, 1.82) is 0 Å². The standard InChI is InChI=1S/C15H19NO3/c1-10(2)13-11(6-5-7-12(13)15(18)19)14(17)16-8-3-4-9-16/h5-7,10H,3-4,8-9H2,1-2H3,(H,18,19). The number of benzene rings is 1. The van der Waals surface area contributed by atoms with Crippen LogP contribution in [0.25, 0.3) is 0 Å². The summed E-state index contributed by atoms with van der Waals surface area (Å²) in [5.41, 5.74) is 1.42. The third-order valence-electron chi connectivity index (χ3n) is 3.54. The Kier molecular flexibility index (Phi) is 3.88. The van der Waals surface area contributed by atoms with E-state index >= 15 is 0 Å². The zero-order valence-electron chi connectivity index (χ0n) is 11.3. The fourth-order valence-electron chi connectivity index (χ4n) is 2.65. The van der Waals surface area contributed by atoms with Gasteiger partial charge in [0.25, 0.3) is 5.91 Å². The number of carbonyl (C=O) groups excluding carboxylic acids is 1. The van der Waals surface area contributed by atoms with E-state index in [0.29, 0.717) is 11.1 Å². The zero-order chi connectivity index (χ0) is 14.0. The van der Waals surface area contributed by atoms with Gasteiger partial charge in [-0.3, -0.25) is 4.79 Å². The van der Waals surface area contributed by atoms with E-state index in [-0.39, 0.29) is 17.4 Å². The Hall–Kier alpha value is -1.84. The quantitative estimate of drug-likeness (QED) is 0.910. The minimum absolute atomic E-state index is 0.00820. The highest BCUT2D eigenvalue weighted by Gasteiger charge is 2.25.